The van der Waals surface area contributed by atoms with E-state index in [1.54, 1.807) is 46.2 Å². The van der Waals surface area contributed by atoms with Gasteiger partial charge in [0.25, 0.3) is 11.8 Å². The van der Waals surface area contributed by atoms with Crippen molar-refractivity contribution in [2.45, 2.75) is 44.9 Å². The fourth-order valence-electron chi connectivity index (χ4n) is 8.15. The van der Waals surface area contributed by atoms with Gasteiger partial charge in [-0.05, 0) is 84.8 Å². The third kappa shape index (κ3) is 9.65. The zero-order valence-corrected chi connectivity index (χ0v) is 36.2. The van der Waals surface area contributed by atoms with Crippen molar-refractivity contribution in [3.63, 3.8) is 0 Å². The number of anilines is 2. The number of carboxylic acid groups (broad SMARTS) is 1. The molecule has 16 nitrogen and oxygen atoms in total. The van der Waals surface area contributed by atoms with Crippen molar-refractivity contribution in [1.82, 2.24) is 0 Å². The molecule has 1 atom stereocenters. The van der Waals surface area contributed by atoms with Crippen LogP contribution in [0.4, 0.5) is 22.7 Å². The minimum Gasteiger partial charge on any atom is -0.493 e. The molecule has 0 spiro atoms. The van der Waals surface area contributed by atoms with Crippen LogP contribution in [0.25, 0.3) is 0 Å². The minimum absolute atomic E-state index is 0.0161. The SMILES string of the molecule is C=Nc1cc(OCc2cc(COc3cc4c(cc3OC)C(=O)N3c5ccccc5CC3(C)C=N4)cc(OCCOOCOCCC(=O)O)c2)c(OC)cc1C(=O)N1CCc2ccccc21. The van der Waals surface area contributed by atoms with Gasteiger partial charge in [0.15, 0.2) is 29.8 Å². The van der Waals surface area contributed by atoms with Gasteiger partial charge in [-0.15, -0.1) is 0 Å². The fourth-order valence-corrected chi connectivity index (χ4v) is 8.15. The summed E-state index contributed by atoms with van der Waals surface area (Å²) in [7, 11) is 3.02. The molecule has 0 radical (unpaired) electrons. The van der Waals surface area contributed by atoms with E-state index in [0.717, 1.165) is 28.9 Å². The monoisotopic (exact) mass is 884 g/mol. The Kier molecular flexibility index (Phi) is 13.4. The number of methoxy groups -OCH3 is 2. The Morgan fingerprint density at radius 2 is 1.49 bits per heavy atom. The van der Waals surface area contributed by atoms with E-state index in [0.29, 0.717) is 75.3 Å². The number of para-hydroxylation sites is 2. The number of hydrogen-bond donors (Lipinski definition) is 1. The lowest BCUT2D eigenvalue weighted by Gasteiger charge is -2.31. The number of fused-ring (bicyclic) bond motifs is 5. The average molecular weight is 885 g/mol. The van der Waals surface area contributed by atoms with Gasteiger partial charge in [-0.3, -0.25) is 29.3 Å². The Labute approximate surface area is 375 Å². The number of aliphatic carboxylic acids is 1. The lowest BCUT2D eigenvalue weighted by molar-refractivity contribution is -0.337. The Morgan fingerprint density at radius 3 is 2.22 bits per heavy atom. The number of carbonyl (C=O) groups is 3. The molecular formula is C49H48N4O12. The van der Waals surface area contributed by atoms with Crippen LogP contribution in [-0.4, -0.2) is 88.7 Å². The molecule has 0 aromatic heterocycles. The predicted octanol–water partition coefficient (Wildman–Crippen LogP) is 7.85. The number of ether oxygens (including phenoxy) is 6. The maximum absolute atomic E-state index is 14.2. The van der Waals surface area contributed by atoms with Crippen LogP contribution in [-0.2, 0) is 45.4 Å². The maximum Gasteiger partial charge on any atom is 0.305 e. The van der Waals surface area contributed by atoms with E-state index in [9.17, 15) is 14.4 Å². The summed E-state index contributed by atoms with van der Waals surface area (Å²) in [6.45, 7) is 6.25. The molecule has 336 valence electrons. The van der Waals surface area contributed by atoms with Gasteiger partial charge in [-0.1, -0.05) is 36.4 Å². The third-order valence-corrected chi connectivity index (χ3v) is 11.2. The van der Waals surface area contributed by atoms with Crippen molar-refractivity contribution in [3.05, 3.63) is 124 Å². The summed E-state index contributed by atoms with van der Waals surface area (Å²) in [5.41, 5.74) is 6.18. The highest BCUT2D eigenvalue weighted by atomic mass is 17.2. The van der Waals surface area contributed by atoms with Crippen LogP contribution in [0.2, 0.25) is 0 Å². The minimum atomic E-state index is -0.979. The summed E-state index contributed by atoms with van der Waals surface area (Å²) in [6.07, 6.45) is 3.06. The van der Waals surface area contributed by atoms with E-state index in [1.165, 1.54) is 14.2 Å². The van der Waals surface area contributed by atoms with E-state index >= 15 is 0 Å². The van der Waals surface area contributed by atoms with Gasteiger partial charge in [-0.25, -0.2) is 9.78 Å². The van der Waals surface area contributed by atoms with Gasteiger partial charge in [0, 0.05) is 42.7 Å². The van der Waals surface area contributed by atoms with Gasteiger partial charge >= 0.3 is 5.97 Å². The van der Waals surface area contributed by atoms with Crippen LogP contribution < -0.4 is 33.5 Å². The molecule has 1 unspecified atom stereocenters. The lowest BCUT2D eigenvalue weighted by atomic mass is 9.98. The van der Waals surface area contributed by atoms with Crippen molar-refractivity contribution < 1.29 is 57.7 Å². The molecule has 0 saturated heterocycles. The molecule has 5 aromatic rings. The number of benzene rings is 5. The summed E-state index contributed by atoms with van der Waals surface area (Å²) >= 11 is 0. The molecule has 65 heavy (non-hydrogen) atoms. The van der Waals surface area contributed by atoms with Crippen LogP contribution in [0.1, 0.15) is 56.3 Å². The second kappa shape index (κ2) is 19.6. The van der Waals surface area contributed by atoms with Crippen molar-refractivity contribution >= 4 is 53.5 Å². The van der Waals surface area contributed by atoms with Crippen LogP contribution >= 0.6 is 0 Å². The van der Waals surface area contributed by atoms with Crippen LogP contribution in [0.5, 0.6) is 28.7 Å². The number of carbonyl (C=O) groups excluding carboxylic acids is 2. The predicted molar refractivity (Wildman–Crippen MR) is 241 cm³/mol. The van der Waals surface area contributed by atoms with Crippen molar-refractivity contribution in [1.29, 1.82) is 0 Å². The Morgan fingerprint density at radius 1 is 0.800 bits per heavy atom. The van der Waals surface area contributed by atoms with Gasteiger partial charge in [0.1, 0.15) is 32.2 Å². The van der Waals surface area contributed by atoms with Crippen LogP contribution in [0, 0.1) is 0 Å². The first kappa shape index (κ1) is 44.3. The average Bonchev–Trinajstić information content (AvgIpc) is 3.86. The third-order valence-electron chi connectivity index (χ3n) is 11.2. The van der Waals surface area contributed by atoms with Crippen molar-refractivity contribution in [3.8, 4) is 28.7 Å². The largest absolute Gasteiger partial charge is 0.493 e. The first-order chi connectivity index (χ1) is 31.6. The number of hydrogen-bond acceptors (Lipinski definition) is 13. The second-order valence-electron chi connectivity index (χ2n) is 15.6. The highest BCUT2D eigenvalue weighted by molar-refractivity contribution is 6.16. The van der Waals surface area contributed by atoms with E-state index < -0.39 is 11.5 Å². The number of nitrogens with zero attached hydrogens (tertiary/aromatic N) is 4. The Bertz CT molecular complexity index is 2650. The molecule has 16 heteroatoms. The van der Waals surface area contributed by atoms with Crippen molar-refractivity contribution in [2.24, 2.45) is 9.98 Å². The summed E-state index contributed by atoms with van der Waals surface area (Å²) in [4.78, 5) is 61.3. The van der Waals surface area contributed by atoms with E-state index in [1.807, 2.05) is 67.7 Å². The van der Waals surface area contributed by atoms with E-state index in [4.69, 9.17) is 48.3 Å². The van der Waals surface area contributed by atoms with Gasteiger partial charge in [-0.2, -0.15) is 0 Å². The lowest BCUT2D eigenvalue weighted by Crippen LogP contribution is -2.48. The molecule has 0 aliphatic carbocycles. The fraction of sp³-hybridized carbons (Fsp3) is 0.286. The molecular weight excluding hydrogens is 837 g/mol. The standard InChI is InChI=1S/C49H48N4O12/c1-49-26-34-10-6-8-12-41(34)53(49)48(57)37-23-43(59-4)45(25-39(37)51-29-49)63-28-32-19-31(20-35(21-32)61-17-18-64-65-30-60-16-14-46(54)55)27-62-44-24-38(50-2)36(22-42(44)58-3)47(56)52-15-13-33-9-5-7-11-40(33)52/h5-12,19-25,29H,2,13-18,26-28,30H2,1,3-4H3,(H,54,55). The Hall–Kier alpha value is -7.27. The summed E-state index contributed by atoms with van der Waals surface area (Å²) in [5.74, 6) is 0.504. The Balaban J connectivity index is 1.00. The normalized spacial score (nSPS) is 15.6. The first-order valence-electron chi connectivity index (χ1n) is 20.9. The number of carboxylic acids is 1. The van der Waals surface area contributed by atoms with E-state index in [-0.39, 0.29) is 58.1 Å². The smallest absolute Gasteiger partial charge is 0.305 e. The zero-order chi connectivity index (χ0) is 45.5. The van der Waals surface area contributed by atoms with Gasteiger partial charge in [0.2, 0.25) is 0 Å². The highest BCUT2D eigenvalue weighted by Gasteiger charge is 2.45. The second-order valence-corrected chi connectivity index (χ2v) is 15.6. The molecule has 3 aliphatic rings. The quantitative estimate of drug-likeness (QED) is 0.0264. The summed E-state index contributed by atoms with van der Waals surface area (Å²) in [6, 6.07) is 27.8. The maximum atomic E-state index is 14.2. The zero-order valence-electron chi connectivity index (χ0n) is 36.2. The molecule has 0 fully saturated rings. The molecule has 8 rings (SSSR count). The van der Waals surface area contributed by atoms with E-state index in [2.05, 4.69) is 11.7 Å². The number of amides is 2. The topological polar surface area (TPSA) is 176 Å². The molecule has 3 heterocycles. The molecule has 3 aliphatic heterocycles. The summed E-state index contributed by atoms with van der Waals surface area (Å²) in [5, 5.41) is 8.76. The van der Waals surface area contributed by atoms with Gasteiger partial charge < -0.3 is 38.4 Å². The van der Waals surface area contributed by atoms with Crippen LogP contribution in [0.3, 0.4) is 0 Å². The highest BCUT2D eigenvalue weighted by Crippen LogP contribution is 2.45. The molecule has 2 amide bonds. The van der Waals surface area contributed by atoms with Gasteiger partial charge in [0.05, 0.1) is 55.3 Å². The summed E-state index contributed by atoms with van der Waals surface area (Å²) < 4.78 is 35.3. The molecule has 5 aromatic carbocycles. The van der Waals surface area contributed by atoms with Crippen LogP contribution in [0.15, 0.2) is 101 Å². The number of aliphatic imine (C=N–C) groups is 2. The first-order valence-corrected chi connectivity index (χ1v) is 20.9. The van der Waals surface area contributed by atoms with Crippen molar-refractivity contribution in [2.75, 3.05) is 57.2 Å². The number of rotatable bonds is 20. The molecule has 0 saturated carbocycles. The molecule has 0 bridgehead atoms. The molecule has 1 N–H and O–H groups in total.